The number of aromatic nitrogens is 2. The number of nitrogens with one attached hydrogen (secondary N) is 1. The summed E-state index contributed by atoms with van der Waals surface area (Å²) in [6, 6.07) is 0.00458. The molecule has 1 aromatic rings. The maximum Gasteiger partial charge on any atom is 0.0818 e. The number of rotatable bonds is 5. The van der Waals surface area contributed by atoms with E-state index in [0.29, 0.717) is 13.2 Å². The minimum Gasteiger partial charge on any atom is -0.380 e. The van der Waals surface area contributed by atoms with Crippen LogP contribution in [-0.4, -0.2) is 22.8 Å². The highest BCUT2D eigenvalue weighted by atomic mass is 32.1. The van der Waals surface area contributed by atoms with Crippen molar-refractivity contribution < 1.29 is 4.74 Å². The van der Waals surface area contributed by atoms with Crippen LogP contribution in [0.1, 0.15) is 17.8 Å². The van der Waals surface area contributed by atoms with Gasteiger partial charge < -0.3 is 4.74 Å². The molecule has 1 unspecified atom stereocenters. The van der Waals surface area contributed by atoms with Crippen LogP contribution in [0, 0.1) is 0 Å². The summed E-state index contributed by atoms with van der Waals surface area (Å²) >= 11 is 1.32. The van der Waals surface area contributed by atoms with Crippen molar-refractivity contribution in [1.82, 2.24) is 15.0 Å². The van der Waals surface area contributed by atoms with Crippen LogP contribution in [0.25, 0.3) is 0 Å². The van der Waals surface area contributed by atoms with Gasteiger partial charge in [-0.2, -0.15) is 0 Å². The van der Waals surface area contributed by atoms with E-state index in [1.165, 1.54) is 11.5 Å². The molecule has 0 aliphatic carbocycles. The zero-order valence-corrected chi connectivity index (χ0v) is 7.67. The maximum atomic E-state index is 5.33. The van der Waals surface area contributed by atoms with Gasteiger partial charge in [0.25, 0.3) is 0 Å². The molecule has 0 fully saturated rings. The highest BCUT2D eigenvalue weighted by molar-refractivity contribution is 7.05. The second-order valence-electron chi connectivity index (χ2n) is 2.20. The topological polar surface area (TPSA) is 73.1 Å². The van der Waals surface area contributed by atoms with Crippen molar-refractivity contribution in [3.63, 3.8) is 0 Å². The Labute approximate surface area is 75.1 Å². The molecule has 0 saturated carbocycles. The number of hydrogen-bond acceptors (Lipinski definition) is 6. The predicted molar refractivity (Wildman–Crippen MR) is 46.5 cm³/mol. The van der Waals surface area contributed by atoms with Crippen molar-refractivity contribution in [2.45, 2.75) is 13.0 Å². The van der Waals surface area contributed by atoms with Crippen LogP contribution in [-0.2, 0) is 4.74 Å². The lowest BCUT2D eigenvalue weighted by molar-refractivity contribution is 0.124. The van der Waals surface area contributed by atoms with Crippen molar-refractivity contribution >= 4 is 11.5 Å². The molecule has 1 aromatic heterocycles. The van der Waals surface area contributed by atoms with Gasteiger partial charge in [-0.05, 0) is 18.5 Å². The van der Waals surface area contributed by atoms with Crippen molar-refractivity contribution in [2.24, 2.45) is 5.84 Å². The fourth-order valence-electron chi connectivity index (χ4n) is 0.776. The molecule has 1 atom stereocenters. The lowest BCUT2D eigenvalue weighted by Gasteiger charge is -2.11. The number of hydrogen-bond donors (Lipinski definition) is 2. The second-order valence-corrected chi connectivity index (χ2v) is 3.02. The molecule has 1 heterocycles. The Morgan fingerprint density at radius 3 is 3.17 bits per heavy atom. The van der Waals surface area contributed by atoms with E-state index in [4.69, 9.17) is 10.6 Å². The van der Waals surface area contributed by atoms with Gasteiger partial charge >= 0.3 is 0 Å². The number of hydrazine groups is 1. The summed E-state index contributed by atoms with van der Waals surface area (Å²) in [4.78, 5) is 0.992. The lowest BCUT2D eigenvalue weighted by atomic mass is 10.3. The molecule has 0 radical (unpaired) electrons. The molecule has 5 nitrogen and oxygen atoms in total. The Bertz CT molecular complexity index is 203. The Hall–Kier alpha value is -0.560. The summed E-state index contributed by atoms with van der Waals surface area (Å²) in [5, 5.41) is 3.72. The molecule has 68 valence electrons. The minimum atomic E-state index is 0.00458. The van der Waals surface area contributed by atoms with Gasteiger partial charge in [0.2, 0.25) is 0 Å². The third kappa shape index (κ3) is 2.49. The van der Waals surface area contributed by atoms with Gasteiger partial charge in [0.1, 0.15) is 0 Å². The van der Waals surface area contributed by atoms with Gasteiger partial charge in [0.15, 0.2) is 0 Å². The second kappa shape index (κ2) is 5.15. The molecule has 0 saturated heterocycles. The van der Waals surface area contributed by atoms with Crippen LogP contribution in [0.2, 0.25) is 0 Å². The van der Waals surface area contributed by atoms with E-state index in [0.717, 1.165) is 4.88 Å². The van der Waals surface area contributed by atoms with Crippen molar-refractivity contribution in [2.75, 3.05) is 13.2 Å². The molecule has 1 rings (SSSR count). The van der Waals surface area contributed by atoms with Gasteiger partial charge in [0.05, 0.1) is 23.7 Å². The largest absolute Gasteiger partial charge is 0.380 e. The standard InChI is InChI=1S/C6H12N4OS/c1-2-11-4-5(9-7)6-3-8-10-12-6/h3,5,9H,2,4,7H2,1H3. The highest BCUT2D eigenvalue weighted by Crippen LogP contribution is 2.14. The molecule has 0 aliphatic rings. The quantitative estimate of drug-likeness (QED) is 0.505. The van der Waals surface area contributed by atoms with Gasteiger partial charge in [-0.1, -0.05) is 4.49 Å². The van der Waals surface area contributed by atoms with E-state index in [2.05, 4.69) is 15.0 Å². The van der Waals surface area contributed by atoms with Crippen LogP contribution in [0.4, 0.5) is 0 Å². The Morgan fingerprint density at radius 1 is 1.83 bits per heavy atom. The molecule has 0 aromatic carbocycles. The number of ether oxygens (including phenoxy) is 1. The monoisotopic (exact) mass is 188 g/mol. The minimum absolute atomic E-state index is 0.00458. The number of nitrogens with zero attached hydrogens (tertiary/aromatic N) is 2. The lowest BCUT2D eigenvalue weighted by Crippen LogP contribution is -2.30. The molecule has 12 heavy (non-hydrogen) atoms. The molecule has 3 N–H and O–H groups in total. The van der Waals surface area contributed by atoms with Crippen LogP contribution in [0.3, 0.4) is 0 Å². The van der Waals surface area contributed by atoms with Crippen LogP contribution in [0.15, 0.2) is 6.20 Å². The van der Waals surface area contributed by atoms with E-state index in [9.17, 15) is 0 Å². The number of nitrogens with two attached hydrogens (primary N) is 1. The molecule has 0 aliphatic heterocycles. The Balaban J connectivity index is 2.45. The van der Waals surface area contributed by atoms with Gasteiger partial charge in [0, 0.05) is 6.61 Å². The summed E-state index contributed by atoms with van der Waals surface area (Å²) in [5.41, 5.74) is 2.64. The Kier molecular flexibility index (Phi) is 4.09. The molecular formula is C6H12N4OS. The molecular weight excluding hydrogens is 176 g/mol. The van der Waals surface area contributed by atoms with E-state index in [-0.39, 0.29) is 6.04 Å². The maximum absolute atomic E-state index is 5.33. The zero-order chi connectivity index (χ0) is 8.81. The first-order chi connectivity index (χ1) is 5.88. The normalized spacial score (nSPS) is 13.2. The first-order valence-electron chi connectivity index (χ1n) is 3.69. The molecule has 0 spiro atoms. The Morgan fingerprint density at radius 2 is 2.67 bits per heavy atom. The summed E-state index contributed by atoms with van der Waals surface area (Å²) < 4.78 is 8.96. The highest BCUT2D eigenvalue weighted by Gasteiger charge is 2.11. The van der Waals surface area contributed by atoms with Crippen molar-refractivity contribution in [1.29, 1.82) is 0 Å². The first-order valence-corrected chi connectivity index (χ1v) is 4.47. The average Bonchev–Trinajstić information content (AvgIpc) is 2.59. The summed E-state index contributed by atoms with van der Waals surface area (Å²) in [7, 11) is 0. The SMILES string of the molecule is CCOCC(NN)c1cnns1. The molecule has 6 heteroatoms. The van der Waals surface area contributed by atoms with Crippen molar-refractivity contribution in [3.05, 3.63) is 11.1 Å². The summed E-state index contributed by atoms with van der Waals surface area (Å²) in [6.45, 7) is 3.18. The molecule has 0 bridgehead atoms. The fourth-order valence-corrected chi connectivity index (χ4v) is 1.32. The molecule has 0 amide bonds. The van der Waals surface area contributed by atoms with Gasteiger partial charge in [-0.25, -0.2) is 5.43 Å². The zero-order valence-electron chi connectivity index (χ0n) is 6.86. The third-order valence-electron chi connectivity index (χ3n) is 1.41. The van der Waals surface area contributed by atoms with Gasteiger partial charge in [-0.15, -0.1) is 5.10 Å². The van der Waals surface area contributed by atoms with E-state index in [1.807, 2.05) is 6.92 Å². The first kappa shape index (κ1) is 9.53. The summed E-state index contributed by atoms with van der Waals surface area (Å²) in [5.74, 6) is 5.33. The summed E-state index contributed by atoms with van der Waals surface area (Å²) in [6.07, 6.45) is 1.69. The van der Waals surface area contributed by atoms with Crippen molar-refractivity contribution in [3.8, 4) is 0 Å². The van der Waals surface area contributed by atoms with E-state index in [1.54, 1.807) is 6.20 Å². The fraction of sp³-hybridized carbons (Fsp3) is 0.667. The van der Waals surface area contributed by atoms with Crippen LogP contribution >= 0.6 is 11.5 Å². The van der Waals surface area contributed by atoms with Gasteiger partial charge in [-0.3, -0.25) is 5.84 Å². The third-order valence-corrected chi connectivity index (χ3v) is 2.19. The van der Waals surface area contributed by atoms with E-state index >= 15 is 0 Å². The van der Waals surface area contributed by atoms with Crippen LogP contribution < -0.4 is 11.3 Å². The predicted octanol–water partition coefficient (Wildman–Crippen LogP) is 0.0790. The average molecular weight is 188 g/mol. The van der Waals surface area contributed by atoms with E-state index < -0.39 is 0 Å². The smallest absolute Gasteiger partial charge is 0.0818 e. The van der Waals surface area contributed by atoms with Crippen LogP contribution in [0.5, 0.6) is 0 Å².